The van der Waals surface area contributed by atoms with Crippen LogP contribution in [0.5, 0.6) is 0 Å². The quantitative estimate of drug-likeness (QED) is 0.896. The summed E-state index contributed by atoms with van der Waals surface area (Å²) in [5, 5.41) is 8.83. The van der Waals surface area contributed by atoms with Crippen molar-refractivity contribution < 1.29 is 18.7 Å². The van der Waals surface area contributed by atoms with Crippen molar-refractivity contribution in [3.05, 3.63) is 35.8 Å². The number of hydrogen-bond donors (Lipinski definition) is 1. The van der Waals surface area contributed by atoms with Gasteiger partial charge in [0.15, 0.2) is 0 Å². The van der Waals surface area contributed by atoms with Gasteiger partial charge in [0.1, 0.15) is 5.65 Å². The van der Waals surface area contributed by atoms with E-state index in [2.05, 4.69) is 4.98 Å². The first-order chi connectivity index (χ1) is 7.99. The molecule has 2 rings (SSSR count). The summed E-state index contributed by atoms with van der Waals surface area (Å²) in [5.74, 6) is -1.76. The molecule has 17 heavy (non-hydrogen) atoms. The maximum atomic E-state index is 12.5. The minimum absolute atomic E-state index is 0.127. The topological polar surface area (TPSA) is 54.6 Å². The van der Waals surface area contributed by atoms with Gasteiger partial charge in [0.05, 0.1) is 11.6 Å². The van der Waals surface area contributed by atoms with Crippen LogP contribution in [0, 0.1) is 0 Å². The zero-order chi connectivity index (χ0) is 12.6. The molecule has 0 radical (unpaired) electrons. The Bertz CT molecular complexity index is 566. The van der Waals surface area contributed by atoms with Crippen molar-refractivity contribution in [1.29, 1.82) is 0 Å². The van der Waals surface area contributed by atoms with E-state index in [1.165, 1.54) is 35.9 Å². The van der Waals surface area contributed by atoms with E-state index in [4.69, 9.17) is 5.11 Å². The fraction of sp³-hybridized carbons (Fsp3) is 0.273. The monoisotopic (exact) mass is 240 g/mol. The zero-order valence-corrected chi connectivity index (χ0v) is 8.97. The standard InChI is InChI=1S/C11H10F2N2O2/c1-6(11(16)17)8-5-15-3-2-7(10(12)13)4-9(15)14-8/h2-6,10H,1H3,(H,16,17). The maximum absolute atomic E-state index is 12.5. The number of carbonyl (C=O) groups is 1. The molecular weight excluding hydrogens is 230 g/mol. The van der Waals surface area contributed by atoms with E-state index in [-0.39, 0.29) is 5.56 Å². The molecule has 0 spiro atoms. The largest absolute Gasteiger partial charge is 0.481 e. The fourth-order valence-electron chi connectivity index (χ4n) is 1.49. The molecule has 6 heteroatoms. The van der Waals surface area contributed by atoms with Crippen LogP contribution >= 0.6 is 0 Å². The Balaban J connectivity index is 2.47. The second-order valence-corrected chi connectivity index (χ2v) is 3.75. The fourth-order valence-corrected chi connectivity index (χ4v) is 1.49. The van der Waals surface area contributed by atoms with Crippen molar-refractivity contribution in [1.82, 2.24) is 9.38 Å². The third kappa shape index (κ3) is 2.11. The molecule has 4 nitrogen and oxygen atoms in total. The number of imidazole rings is 1. The lowest BCUT2D eigenvalue weighted by molar-refractivity contribution is -0.138. The van der Waals surface area contributed by atoms with Crippen molar-refractivity contribution in [2.75, 3.05) is 0 Å². The van der Waals surface area contributed by atoms with Gasteiger partial charge in [-0.1, -0.05) is 0 Å². The average Bonchev–Trinajstić information content (AvgIpc) is 2.69. The van der Waals surface area contributed by atoms with Crippen molar-refractivity contribution in [2.45, 2.75) is 19.3 Å². The summed E-state index contributed by atoms with van der Waals surface area (Å²) < 4.78 is 26.4. The van der Waals surface area contributed by atoms with Gasteiger partial charge in [-0.15, -0.1) is 0 Å². The number of rotatable bonds is 3. The summed E-state index contributed by atoms with van der Waals surface area (Å²) in [6.07, 6.45) is 0.419. The summed E-state index contributed by atoms with van der Waals surface area (Å²) in [7, 11) is 0. The van der Waals surface area contributed by atoms with Gasteiger partial charge in [-0.3, -0.25) is 4.79 Å². The van der Waals surface area contributed by atoms with Crippen LogP contribution in [-0.2, 0) is 4.79 Å². The van der Waals surface area contributed by atoms with Gasteiger partial charge < -0.3 is 9.51 Å². The van der Waals surface area contributed by atoms with Gasteiger partial charge in [-0.25, -0.2) is 13.8 Å². The Hall–Kier alpha value is -1.98. The first kappa shape index (κ1) is 11.5. The number of alkyl halides is 2. The molecule has 0 saturated carbocycles. The number of halogens is 2. The first-order valence-corrected chi connectivity index (χ1v) is 4.98. The molecule has 1 N–H and O–H groups in total. The molecule has 1 unspecified atom stereocenters. The Morgan fingerprint density at radius 3 is 2.82 bits per heavy atom. The third-order valence-electron chi connectivity index (χ3n) is 2.57. The molecule has 0 bridgehead atoms. The van der Waals surface area contributed by atoms with E-state index in [0.29, 0.717) is 11.3 Å². The molecule has 0 saturated heterocycles. The molecule has 2 aromatic rings. The minimum Gasteiger partial charge on any atom is -0.481 e. The van der Waals surface area contributed by atoms with Crippen molar-refractivity contribution >= 4 is 11.6 Å². The SMILES string of the molecule is CC(C(=O)O)c1cn2ccc(C(F)F)cc2n1. The van der Waals surface area contributed by atoms with E-state index < -0.39 is 18.3 Å². The Labute approximate surface area is 95.5 Å². The van der Waals surface area contributed by atoms with Gasteiger partial charge in [0.2, 0.25) is 0 Å². The molecule has 90 valence electrons. The number of carboxylic acid groups (broad SMARTS) is 1. The summed E-state index contributed by atoms with van der Waals surface area (Å²) in [5.41, 5.74) is 0.549. The van der Waals surface area contributed by atoms with Crippen LogP contribution in [0.25, 0.3) is 5.65 Å². The lowest BCUT2D eigenvalue weighted by Gasteiger charge is -1.98. The second kappa shape index (κ2) is 4.12. The molecule has 0 aromatic carbocycles. The minimum atomic E-state index is -2.56. The Kier molecular flexibility index (Phi) is 2.79. The predicted molar refractivity (Wildman–Crippen MR) is 56.2 cm³/mol. The number of pyridine rings is 1. The Morgan fingerprint density at radius 2 is 2.24 bits per heavy atom. The predicted octanol–water partition coefficient (Wildman–Crippen LogP) is 2.46. The third-order valence-corrected chi connectivity index (χ3v) is 2.57. The highest BCUT2D eigenvalue weighted by Crippen LogP contribution is 2.21. The molecule has 2 aromatic heterocycles. The van der Waals surface area contributed by atoms with Crippen LogP contribution in [-0.4, -0.2) is 20.5 Å². The molecule has 0 fully saturated rings. The number of carboxylic acids is 1. The van der Waals surface area contributed by atoms with Crippen LogP contribution < -0.4 is 0 Å². The first-order valence-electron chi connectivity index (χ1n) is 4.98. The summed E-state index contributed by atoms with van der Waals surface area (Å²) in [6, 6.07) is 2.54. The van der Waals surface area contributed by atoms with E-state index in [9.17, 15) is 13.6 Å². The molecule has 0 aliphatic carbocycles. The number of fused-ring (bicyclic) bond motifs is 1. The summed E-state index contributed by atoms with van der Waals surface area (Å²) >= 11 is 0. The number of aliphatic carboxylic acids is 1. The molecule has 0 aliphatic heterocycles. The summed E-state index contributed by atoms with van der Waals surface area (Å²) in [6.45, 7) is 1.50. The van der Waals surface area contributed by atoms with E-state index in [0.717, 1.165) is 0 Å². The van der Waals surface area contributed by atoms with Crippen LogP contribution in [0.15, 0.2) is 24.5 Å². The van der Waals surface area contributed by atoms with Gasteiger partial charge in [-0.2, -0.15) is 0 Å². The van der Waals surface area contributed by atoms with Crippen LogP contribution in [0.4, 0.5) is 8.78 Å². The normalized spacial score (nSPS) is 13.2. The average molecular weight is 240 g/mol. The van der Waals surface area contributed by atoms with E-state index in [1.54, 1.807) is 0 Å². The summed E-state index contributed by atoms with van der Waals surface area (Å²) in [4.78, 5) is 14.8. The highest BCUT2D eigenvalue weighted by atomic mass is 19.3. The van der Waals surface area contributed by atoms with Crippen molar-refractivity contribution in [3.63, 3.8) is 0 Å². The number of hydrogen-bond acceptors (Lipinski definition) is 2. The maximum Gasteiger partial charge on any atom is 0.312 e. The number of aromatic nitrogens is 2. The lowest BCUT2D eigenvalue weighted by Crippen LogP contribution is -2.07. The lowest BCUT2D eigenvalue weighted by atomic mass is 10.1. The smallest absolute Gasteiger partial charge is 0.312 e. The van der Waals surface area contributed by atoms with Gasteiger partial charge in [0.25, 0.3) is 6.43 Å². The second-order valence-electron chi connectivity index (χ2n) is 3.75. The van der Waals surface area contributed by atoms with E-state index in [1.807, 2.05) is 0 Å². The highest BCUT2D eigenvalue weighted by molar-refractivity contribution is 5.75. The van der Waals surface area contributed by atoms with Crippen molar-refractivity contribution in [3.8, 4) is 0 Å². The molecule has 0 amide bonds. The van der Waals surface area contributed by atoms with Gasteiger partial charge in [0, 0.05) is 18.0 Å². The van der Waals surface area contributed by atoms with Crippen LogP contribution in [0.1, 0.15) is 30.5 Å². The van der Waals surface area contributed by atoms with Gasteiger partial charge >= 0.3 is 5.97 Å². The molecule has 0 aliphatic rings. The number of nitrogens with zero attached hydrogens (tertiary/aromatic N) is 2. The highest BCUT2D eigenvalue weighted by Gasteiger charge is 2.17. The van der Waals surface area contributed by atoms with Crippen LogP contribution in [0.2, 0.25) is 0 Å². The van der Waals surface area contributed by atoms with Crippen molar-refractivity contribution in [2.24, 2.45) is 0 Å². The van der Waals surface area contributed by atoms with Crippen LogP contribution in [0.3, 0.4) is 0 Å². The molecular formula is C11H10F2N2O2. The molecule has 1 atom stereocenters. The van der Waals surface area contributed by atoms with Gasteiger partial charge in [-0.05, 0) is 19.1 Å². The molecule has 2 heterocycles. The Morgan fingerprint density at radius 1 is 1.53 bits per heavy atom. The van der Waals surface area contributed by atoms with E-state index >= 15 is 0 Å². The zero-order valence-electron chi connectivity index (χ0n) is 8.97.